The van der Waals surface area contributed by atoms with Crippen LogP contribution in [-0.2, 0) is 28.9 Å². The van der Waals surface area contributed by atoms with Crippen LogP contribution in [0.25, 0.3) is 0 Å². The molecule has 4 nitrogen and oxygen atoms in total. The van der Waals surface area contributed by atoms with Gasteiger partial charge in [0, 0.05) is 18.7 Å². The van der Waals surface area contributed by atoms with Gasteiger partial charge in [0.1, 0.15) is 0 Å². The van der Waals surface area contributed by atoms with Crippen molar-refractivity contribution in [3.05, 3.63) is 65.2 Å². The molecule has 0 spiro atoms. The molecule has 3 rings (SSSR count). The number of carbonyl (C=O) groups excluding carboxylic acids is 2. The molecule has 0 atom stereocenters. The molecule has 1 aliphatic heterocycles. The Morgan fingerprint density at radius 1 is 1.04 bits per heavy atom. The molecule has 1 aliphatic rings. The lowest BCUT2D eigenvalue weighted by molar-refractivity contribution is -0.120. The molecule has 0 aliphatic carbocycles. The summed E-state index contributed by atoms with van der Waals surface area (Å²) in [5.74, 6) is 0.125. The molecular weight excluding hydrogens is 288 g/mol. The Labute approximate surface area is 135 Å². The highest BCUT2D eigenvalue weighted by Gasteiger charge is 2.14. The van der Waals surface area contributed by atoms with Gasteiger partial charge in [-0.3, -0.25) is 9.59 Å². The van der Waals surface area contributed by atoms with Gasteiger partial charge in [0.25, 0.3) is 0 Å². The highest BCUT2D eigenvalue weighted by molar-refractivity contribution is 5.93. The number of carbonyl (C=O) groups is 2. The maximum Gasteiger partial charge on any atom is 0.224 e. The van der Waals surface area contributed by atoms with Crippen LogP contribution in [0.5, 0.6) is 0 Å². The predicted molar refractivity (Wildman–Crippen MR) is 90.3 cm³/mol. The summed E-state index contributed by atoms with van der Waals surface area (Å²) < 4.78 is 0. The van der Waals surface area contributed by atoms with Crippen molar-refractivity contribution in [2.75, 3.05) is 11.9 Å². The monoisotopic (exact) mass is 308 g/mol. The smallest absolute Gasteiger partial charge is 0.224 e. The van der Waals surface area contributed by atoms with E-state index in [0.29, 0.717) is 19.4 Å². The van der Waals surface area contributed by atoms with E-state index in [4.69, 9.17) is 0 Å². The maximum absolute atomic E-state index is 11.9. The second-order valence-electron chi connectivity index (χ2n) is 5.80. The van der Waals surface area contributed by atoms with Gasteiger partial charge in [-0.15, -0.1) is 0 Å². The van der Waals surface area contributed by atoms with E-state index in [0.717, 1.165) is 24.1 Å². The second kappa shape index (κ2) is 7.09. The minimum atomic E-state index is 0.0430. The Bertz CT molecular complexity index is 711. The zero-order valence-corrected chi connectivity index (χ0v) is 13.0. The molecule has 23 heavy (non-hydrogen) atoms. The van der Waals surface area contributed by atoms with Crippen molar-refractivity contribution in [3.63, 3.8) is 0 Å². The van der Waals surface area contributed by atoms with E-state index >= 15 is 0 Å². The average molecular weight is 308 g/mol. The molecule has 0 aromatic heterocycles. The molecule has 2 N–H and O–H groups in total. The molecular formula is C19H20N2O2. The van der Waals surface area contributed by atoms with Gasteiger partial charge >= 0.3 is 0 Å². The number of nitrogens with one attached hydrogen (secondary N) is 2. The minimum absolute atomic E-state index is 0.0430. The number of rotatable bonds is 5. The quantitative estimate of drug-likeness (QED) is 0.891. The van der Waals surface area contributed by atoms with Gasteiger partial charge in [0.05, 0.1) is 6.42 Å². The molecule has 2 amide bonds. The third kappa shape index (κ3) is 4.19. The van der Waals surface area contributed by atoms with Gasteiger partial charge in [0.2, 0.25) is 11.8 Å². The fraction of sp³-hybridized carbons (Fsp3) is 0.263. The molecule has 0 bridgehead atoms. The number of hydrogen-bond donors (Lipinski definition) is 2. The van der Waals surface area contributed by atoms with E-state index < -0.39 is 0 Å². The number of aryl methyl sites for hydroxylation is 1. The van der Waals surface area contributed by atoms with Gasteiger partial charge in [0.15, 0.2) is 0 Å². The molecule has 0 radical (unpaired) electrons. The van der Waals surface area contributed by atoms with Crippen LogP contribution in [-0.4, -0.2) is 18.4 Å². The number of anilines is 1. The number of benzene rings is 2. The van der Waals surface area contributed by atoms with Gasteiger partial charge in [-0.05, 0) is 35.6 Å². The fourth-order valence-electron chi connectivity index (χ4n) is 2.78. The van der Waals surface area contributed by atoms with Gasteiger partial charge in [-0.25, -0.2) is 0 Å². The van der Waals surface area contributed by atoms with Crippen LogP contribution in [0.15, 0.2) is 48.5 Å². The zero-order valence-electron chi connectivity index (χ0n) is 13.0. The minimum Gasteiger partial charge on any atom is -0.355 e. The maximum atomic E-state index is 11.9. The number of hydrogen-bond acceptors (Lipinski definition) is 2. The molecule has 0 saturated carbocycles. The Kier molecular flexibility index (Phi) is 4.71. The summed E-state index contributed by atoms with van der Waals surface area (Å²) in [6.45, 7) is 0.622. The van der Waals surface area contributed by atoms with Crippen LogP contribution in [0.2, 0.25) is 0 Å². The SMILES string of the molecule is O=C(Cc1ccccc1)NCCc1ccc2c(c1)CCC(=O)N2. The first-order chi connectivity index (χ1) is 11.2. The fourth-order valence-corrected chi connectivity index (χ4v) is 2.78. The van der Waals surface area contributed by atoms with Crippen LogP contribution in [0.4, 0.5) is 5.69 Å². The molecule has 0 fully saturated rings. The van der Waals surface area contributed by atoms with Crippen molar-refractivity contribution in [1.29, 1.82) is 0 Å². The van der Waals surface area contributed by atoms with Crippen LogP contribution >= 0.6 is 0 Å². The van der Waals surface area contributed by atoms with E-state index in [1.165, 1.54) is 11.1 Å². The van der Waals surface area contributed by atoms with E-state index in [1.54, 1.807) is 0 Å². The summed E-state index contributed by atoms with van der Waals surface area (Å²) in [6, 6.07) is 15.8. The second-order valence-corrected chi connectivity index (χ2v) is 5.80. The highest BCUT2D eigenvalue weighted by atomic mass is 16.2. The topological polar surface area (TPSA) is 58.2 Å². The highest BCUT2D eigenvalue weighted by Crippen LogP contribution is 2.23. The van der Waals surface area contributed by atoms with Crippen molar-refractivity contribution >= 4 is 17.5 Å². The van der Waals surface area contributed by atoms with Crippen molar-refractivity contribution in [2.45, 2.75) is 25.7 Å². The van der Waals surface area contributed by atoms with Gasteiger partial charge in [-0.2, -0.15) is 0 Å². The lowest BCUT2D eigenvalue weighted by atomic mass is 9.99. The van der Waals surface area contributed by atoms with E-state index in [-0.39, 0.29) is 11.8 Å². The van der Waals surface area contributed by atoms with Crippen LogP contribution in [0.3, 0.4) is 0 Å². The summed E-state index contributed by atoms with van der Waals surface area (Å²) in [5, 5.41) is 5.84. The summed E-state index contributed by atoms with van der Waals surface area (Å²) in [5.41, 5.74) is 4.30. The summed E-state index contributed by atoms with van der Waals surface area (Å²) >= 11 is 0. The van der Waals surface area contributed by atoms with Crippen molar-refractivity contribution in [1.82, 2.24) is 5.32 Å². The van der Waals surface area contributed by atoms with E-state index in [1.807, 2.05) is 42.5 Å². The first-order valence-corrected chi connectivity index (χ1v) is 7.93. The van der Waals surface area contributed by atoms with E-state index in [2.05, 4.69) is 16.7 Å². The zero-order chi connectivity index (χ0) is 16.1. The molecule has 0 saturated heterocycles. The molecule has 2 aromatic carbocycles. The summed E-state index contributed by atoms with van der Waals surface area (Å²) in [7, 11) is 0. The molecule has 1 heterocycles. The molecule has 2 aromatic rings. The number of amides is 2. The molecule has 4 heteroatoms. The first kappa shape index (κ1) is 15.3. The lowest BCUT2D eigenvalue weighted by Crippen LogP contribution is -2.27. The summed E-state index contributed by atoms with van der Waals surface area (Å²) in [6.07, 6.45) is 2.54. The number of fused-ring (bicyclic) bond motifs is 1. The summed E-state index contributed by atoms with van der Waals surface area (Å²) in [4.78, 5) is 23.3. The van der Waals surface area contributed by atoms with Crippen LogP contribution in [0, 0.1) is 0 Å². The normalized spacial score (nSPS) is 13.1. The lowest BCUT2D eigenvalue weighted by Gasteiger charge is -2.17. The Morgan fingerprint density at radius 2 is 1.87 bits per heavy atom. The van der Waals surface area contributed by atoms with Crippen LogP contribution < -0.4 is 10.6 Å². The Hall–Kier alpha value is -2.62. The standard InChI is InChI=1S/C19H20N2O2/c22-18-9-7-16-12-15(6-8-17(16)21-18)10-11-20-19(23)13-14-4-2-1-3-5-14/h1-6,8,12H,7,9-11,13H2,(H,20,23)(H,21,22). The Morgan fingerprint density at radius 3 is 2.70 bits per heavy atom. The van der Waals surface area contributed by atoms with Gasteiger partial charge in [-0.1, -0.05) is 42.5 Å². The Balaban J connectivity index is 1.49. The van der Waals surface area contributed by atoms with Crippen molar-refractivity contribution in [3.8, 4) is 0 Å². The molecule has 118 valence electrons. The van der Waals surface area contributed by atoms with E-state index in [9.17, 15) is 9.59 Å². The third-order valence-corrected chi connectivity index (χ3v) is 4.01. The van der Waals surface area contributed by atoms with Crippen molar-refractivity contribution in [2.24, 2.45) is 0 Å². The van der Waals surface area contributed by atoms with Gasteiger partial charge < -0.3 is 10.6 Å². The molecule has 0 unspecified atom stereocenters. The largest absolute Gasteiger partial charge is 0.355 e. The van der Waals surface area contributed by atoms with Crippen molar-refractivity contribution < 1.29 is 9.59 Å². The average Bonchev–Trinajstić information content (AvgIpc) is 2.56. The van der Waals surface area contributed by atoms with Crippen LogP contribution in [0.1, 0.15) is 23.1 Å². The first-order valence-electron chi connectivity index (χ1n) is 7.93. The third-order valence-electron chi connectivity index (χ3n) is 4.01. The predicted octanol–water partition coefficient (Wildman–Crippen LogP) is 2.47.